The topological polar surface area (TPSA) is 104 Å². The summed E-state index contributed by atoms with van der Waals surface area (Å²) >= 11 is 0. The van der Waals surface area contributed by atoms with Crippen molar-refractivity contribution in [2.75, 3.05) is 42.6 Å². The number of carboxylic acid groups (broad SMARTS) is 1. The highest BCUT2D eigenvalue weighted by atomic mass is 16.5. The molecule has 1 unspecified atom stereocenters. The summed E-state index contributed by atoms with van der Waals surface area (Å²) in [7, 11) is 0. The van der Waals surface area contributed by atoms with Crippen LogP contribution < -0.4 is 9.80 Å². The molecule has 2 aromatic heterocycles. The maximum absolute atomic E-state index is 12.9. The number of hydrogen-bond donors (Lipinski definition) is 1. The molecule has 3 aliphatic heterocycles. The van der Waals surface area contributed by atoms with Gasteiger partial charge in [0.25, 0.3) is 0 Å². The lowest BCUT2D eigenvalue weighted by molar-refractivity contribution is -0.119. The highest BCUT2D eigenvalue weighted by Crippen LogP contribution is 2.31. The summed E-state index contributed by atoms with van der Waals surface area (Å²) in [5.74, 6) is 1.79. The number of imidazole rings is 1. The van der Waals surface area contributed by atoms with Crippen LogP contribution in [0.15, 0.2) is 60.7 Å². The zero-order valence-corrected chi connectivity index (χ0v) is 23.5. The molecule has 7 rings (SSSR count). The number of anilines is 2. The molecule has 0 spiro atoms. The lowest BCUT2D eigenvalue weighted by Crippen LogP contribution is -2.47. The van der Waals surface area contributed by atoms with Crippen molar-refractivity contribution >= 4 is 34.5 Å². The lowest BCUT2D eigenvalue weighted by atomic mass is 10.0. The zero-order valence-electron chi connectivity index (χ0n) is 23.5. The third-order valence-electron chi connectivity index (χ3n) is 8.60. The largest absolute Gasteiger partial charge is 0.478 e. The first kappa shape index (κ1) is 26.6. The minimum absolute atomic E-state index is 0.117. The van der Waals surface area contributed by atoms with Gasteiger partial charge in [-0.15, -0.1) is 0 Å². The SMILES string of the molecule is O=C(O)c1ccc2nc(CN3CCN(c4ccc5c(n4)N(Cc4ccccc4)C(=O)CC5)CC3)n(CC3CCO3)c2c1. The van der Waals surface area contributed by atoms with Crippen LogP contribution in [0, 0.1) is 0 Å². The molecule has 10 nitrogen and oxygen atoms in total. The van der Waals surface area contributed by atoms with Crippen molar-refractivity contribution in [3.8, 4) is 0 Å². The zero-order chi connectivity index (χ0) is 28.6. The van der Waals surface area contributed by atoms with Crippen molar-refractivity contribution in [3.05, 3.63) is 83.2 Å². The average Bonchev–Trinajstić information content (AvgIpc) is 3.33. The van der Waals surface area contributed by atoms with Crippen molar-refractivity contribution in [3.63, 3.8) is 0 Å². The van der Waals surface area contributed by atoms with Gasteiger partial charge < -0.3 is 19.3 Å². The monoisotopic (exact) mass is 566 g/mol. The van der Waals surface area contributed by atoms with E-state index in [0.29, 0.717) is 26.1 Å². The molecule has 0 aliphatic carbocycles. The number of aryl methyl sites for hydroxylation is 1. The third-order valence-corrected chi connectivity index (χ3v) is 8.60. The van der Waals surface area contributed by atoms with Crippen molar-refractivity contribution in [2.45, 2.75) is 45.0 Å². The van der Waals surface area contributed by atoms with Gasteiger partial charge in [0.05, 0.1) is 42.3 Å². The van der Waals surface area contributed by atoms with Gasteiger partial charge in [0.1, 0.15) is 17.5 Å². The van der Waals surface area contributed by atoms with Crippen molar-refractivity contribution in [1.29, 1.82) is 0 Å². The summed E-state index contributed by atoms with van der Waals surface area (Å²) < 4.78 is 7.85. The van der Waals surface area contributed by atoms with Gasteiger partial charge in [0.2, 0.25) is 5.91 Å². The van der Waals surface area contributed by atoms with E-state index >= 15 is 0 Å². The molecule has 10 heteroatoms. The Morgan fingerprint density at radius 1 is 0.952 bits per heavy atom. The highest BCUT2D eigenvalue weighted by molar-refractivity contribution is 5.95. The first-order chi connectivity index (χ1) is 20.5. The Morgan fingerprint density at radius 2 is 1.76 bits per heavy atom. The summed E-state index contributed by atoms with van der Waals surface area (Å²) in [6, 6.07) is 19.4. The minimum atomic E-state index is -0.939. The number of aromatic carboxylic acids is 1. The number of fused-ring (bicyclic) bond motifs is 2. The fraction of sp³-hybridized carbons (Fsp3) is 0.375. The van der Waals surface area contributed by atoms with E-state index in [4.69, 9.17) is 14.7 Å². The Morgan fingerprint density at radius 3 is 2.50 bits per heavy atom. The van der Waals surface area contributed by atoms with Gasteiger partial charge in [0, 0.05) is 39.2 Å². The number of ether oxygens (including phenoxy) is 1. The van der Waals surface area contributed by atoms with E-state index < -0.39 is 5.97 Å². The fourth-order valence-electron chi connectivity index (χ4n) is 6.09. The molecule has 0 saturated carbocycles. The summed E-state index contributed by atoms with van der Waals surface area (Å²) in [5, 5.41) is 9.53. The van der Waals surface area contributed by atoms with Crippen LogP contribution in [0.5, 0.6) is 0 Å². The number of aromatic nitrogens is 3. The smallest absolute Gasteiger partial charge is 0.335 e. The molecule has 0 radical (unpaired) electrons. The van der Waals surface area contributed by atoms with Crippen LogP contribution in [0.4, 0.5) is 11.6 Å². The standard InChI is InChI=1S/C32H34N6O4/c39-30-11-8-23-7-10-28(34-31(23)38(30)19-22-4-2-1-3-5-22)36-15-13-35(14-16-36)21-29-33-26-9-6-24(32(40)41)18-27(26)37(29)20-25-12-17-42-25/h1-7,9-10,18,25H,8,11-17,19-21H2,(H,40,41). The van der Waals surface area contributed by atoms with Crippen molar-refractivity contribution in [1.82, 2.24) is 19.4 Å². The second-order valence-electron chi connectivity index (χ2n) is 11.3. The number of carboxylic acids is 1. The van der Waals surface area contributed by atoms with Gasteiger partial charge in [-0.25, -0.2) is 14.8 Å². The number of pyridine rings is 1. The maximum atomic E-state index is 12.9. The minimum Gasteiger partial charge on any atom is -0.478 e. The average molecular weight is 567 g/mol. The van der Waals surface area contributed by atoms with Crippen LogP contribution in [0.3, 0.4) is 0 Å². The molecule has 42 heavy (non-hydrogen) atoms. The quantitative estimate of drug-likeness (QED) is 0.344. The van der Waals surface area contributed by atoms with E-state index in [0.717, 1.165) is 85.2 Å². The van der Waals surface area contributed by atoms with Gasteiger partial charge in [-0.1, -0.05) is 36.4 Å². The van der Waals surface area contributed by atoms with Crippen LogP contribution in [-0.2, 0) is 35.6 Å². The number of rotatable bonds is 8. The predicted molar refractivity (Wildman–Crippen MR) is 159 cm³/mol. The molecule has 1 amide bonds. The number of piperazine rings is 1. The molecule has 2 fully saturated rings. The van der Waals surface area contributed by atoms with E-state index in [2.05, 4.69) is 26.5 Å². The number of carbonyl (C=O) groups excluding carboxylic acids is 1. The Balaban J connectivity index is 1.07. The summed E-state index contributed by atoms with van der Waals surface area (Å²) in [6.45, 7) is 5.95. The second kappa shape index (κ2) is 11.2. The molecule has 2 aromatic carbocycles. The summed E-state index contributed by atoms with van der Waals surface area (Å²) in [6.07, 6.45) is 2.37. The number of benzene rings is 2. The first-order valence-corrected chi connectivity index (χ1v) is 14.7. The Labute approximate surface area is 244 Å². The van der Waals surface area contributed by atoms with Crippen LogP contribution in [-0.4, -0.2) is 75.3 Å². The first-order valence-electron chi connectivity index (χ1n) is 14.7. The number of amides is 1. The lowest BCUT2D eigenvalue weighted by Gasteiger charge is -2.36. The van der Waals surface area contributed by atoms with Gasteiger partial charge in [-0.3, -0.25) is 14.6 Å². The van der Waals surface area contributed by atoms with Crippen LogP contribution >= 0.6 is 0 Å². The normalized spacial score (nSPS) is 19.1. The summed E-state index contributed by atoms with van der Waals surface area (Å²) in [5.41, 5.74) is 4.12. The van der Waals surface area contributed by atoms with Gasteiger partial charge in [0.15, 0.2) is 0 Å². The molecule has 4 aromatic rings. The Hall–Kier alpha value is -4.28. The predicted octanol–water partition coefficient (Wildman–Crippen LogP) is 3.72. The summed E-state index contributed by atoms with van der Waals surface area (Å²) in [4.78, 5) is 41.0. The third kappa shape index (κ3) is 5.23. The Bertz CT molecular complexity index is 1630. The van der Waals surface area contributed by atoms with Crippen LogP contribution in [0.2, 0.25) is 0 Å². The van der Waals surface area contributed by atoms with Crippen molar-refractivity contribution < 1.29 is 19.4 Å². The number of nitrogens with zero attached hydrogens (tertiary/aromatic N) is 6. The van der Waals surface area contributed by atoms with E-state index in [1.165, 1.54) is 0 Å². The second-order valence-corrected chi connectivity index (χ2v) is 11.3. The molecule has 0 bridgehead atoms. The van der Waals surface area contributed by atoms with Gasteiger partial charge in [-0.05, 0) is 48.2 Å². The molecule has 5 heterocycles. The Kier molecular flexibility index (Phi) is 7.09. The molecule has 216 valence electrons. The van der Waals surface area contributed by atoms with Crippen molar-refractivity contribution in [2.24, 2.45) is 0 Å². The van der Waals surface area contributed by atoms with Gasteiger partial charge in [-0.2, -0.15) is 0 Å². The molecular formula is C32H34N6O4. The maximum Gasteiger partial charge on any atom is 0.335 e. The highest BCUT2D eigenvalue weighted by Gasteiger charge is 2.28. The molecule has 1 atom stereocenters. The number of hydrogen-bond acceptors (Lipinski definition) is 7. The fourth-order valence-corrected chi connectivity index (χ4v) is 6.09. The van der Waals surface area contributed by atoms with E-state index in [9.17, 15) is 14.7 Å². The van der Waals surface area contributed by atoms with Crippen LogP contribution in [0.25, 0.3) is 11.0 Å². The molecule has 1 N–H and O–H groups in total. The molecule has 3 aliphatic rings. The van der Waals surface area contributed by atoms with Crippen LogP contribution in [0.1, 0.15) is 40.2 Å². The van der Waals surface area contributed by atoms with Gasteiger partial charge >= 0.3 is 5.97 Å². The van der Waals surface area contributed by atoms with E-state index in [1.54, 1.807) is 18.2 Å². The van der Waals surface area contributed by atoms with E-state index in [1.807, 2.05) is 35.2 Å². The molecule has 2 saturated heterocycles. The molecular weight excluding hydrogens is 532 g/mol. The van der Waals surface area contributed by atoms with E-state index in [-0.39, 0.29) is 17.6 Å². The number of carbonyl (C=O) groups is 2.